The lowest BCUT2D eigenvalue weighted by Crippen LogP contribution is -2.53. The zero-order valence-electron chi connectivity index (χ0n) is 30.5. The number of aryl methyl sites for hydroxylation is 1. The summed E-state index contributed by atoms with van der Waals surface area (Å²) in [4.78, 5) is 46.0. The van der Waals surface area contributed by atoms with Gasteiger partial charge in [-0.15, -0.1) is 0 Å². The molecule has 10 heteroatoms. The van der Waals surface area contributed by atoms with Crippen LogP contribution in [0.2, 0.25) is 0 Å². The maximum atomic E-state index is 14.0. The van der Waals surface area contributed by atoms with E-state index < -0.39 is 11.5 Å². The maximum absolute atomic E-state index is 14.0. The van der Waals surface area contributed by atoms with Crippen molar-refractivity contribution in [3.05, 3.63) is 75.6 Å². The first kappa shape index (κ1) is 36.6. The number of aromatic hydroxyl groups is 1. The summed E-state index contributed by atoms with van der Waals surface area (Å²) in [6, 6.07) is 14.8. The van der Waals surface area contributed by atoms with E-state index in [2.05, 4.69) is 39.5 Å². The predicted octanol–water partition coefficient (Wildman–Crippen LogP) is 5.35. The van der Waals surface area contributed by atoms with Crippen molar-refractivity contribution in [3.63, 3.8) is 0 Å². The highest BCUT2D eigenvalue weighted by atomic mass is 16.5. The maximum Gasteiger partial charge on any atom is 0.316 e. The van der Waals surface area contributed by atoms with E-state index in [1.54, 1.807) is 12.1 Å². The second-order valence-electron chi connectivity index (χ2n) is 15.9. The predicted molar refractivity (Wildman–Crippen MR) is 201 cm³/mol. The SMILES string of the molecule is O=C(CCCc1cccc(C2(C(=O)O[C@H]3CN4CCC3CC4)CCCCC2)c1)N1CCC(CCNCC(O)c2ccc(O)c3[nH]c(=O)ccc23)CC1. The van der Waals surface area contributed by atoms with Crippen molar-refractivity contribution in [2.45, 2.75) is 101 Å². The number of likely N-dealkylation sites (tertiary alicyclic amines) is 1. The van der Waals surface area contributed by atoms with Gasteiger partial charge in [-0.25, -0.2) is 0 Å². The second-order valence-corrected chi connectivity index (χ2v) is 15.9. The highest BCUT2D eigenvalue weighted by molar-refractivity contribution is 5.87. The molecule has 10 nitrogen and oxygen atoms in total. The Labute approximate surface area is 306 Å². The molecular formula is C42H56N4O6. The third-order valence-corrected chi connectivity index (χ3v) is 12.6. The molecule has 1 unspecified atom stereocenters. The van der Waals surface area contributed by atoms with Crippen LogP contribution in [0.3, 0.4) is 0 Å². The van der Waals surface area contributed by atoms with Crippen molar-refractivity contribution in [1.29, 1.82) is 0 Å². The Hall–Kier alpha value is -3.73. The summed E-state index contributed by atoms with van der Waals surface area (Å²) in [5.74, 6) is 1.22. The van der Waals surface area contributed by atoms with Gasteiger partial charge in [0.15, 0.2) is 0 Å². The van der Waals surface area contributed by atoms with Crippen molar-refractivity contribution in [2.24, 2.45) is 11.8 Å². The van der Waals surface area contributed by atoms with Crippen molar-refractivity contribution >= 4 is 22.8 Å². The molecule has 1 aliphatic carbocycles. The normalized spacial score (nSPS) is 23.8. The van der Waals surface area contributed by atoms with E-state index in [0.29, 0.717) is 41.3 Å². The Bertz CT molecular complexity index is 1750. The lowest BCUT2D eigenvalue weighted by Gasteiger charge is -2.45. The number of fused-ring (bicyclic) bond motifs is 4. The van der Waals surface area contributed by atoms with E-state index >= 15 is 0 Å². The zero-order valence-corrected chi connectivity index (χ0v) is 30.5. The molecule has 52 heavy (non-hydrogen) atoms. The molecule has 5 heterocycles. The molecule has 1 saturated carbocycles. The van der Waals surface area contributed by atoms with Gasteiger partial charge in [0.1, 0.15) is 11.9 Å². The first-order valence-electron chi connectivity index (χ1n) is 19.8. The van der Waals surface area contributed by atoms with Crippen molar-refractivity contribution in [2.75, 3.05) is 45.8 Å². The summed E-state index contributed by atoms with van der Waals surface area (Å²) >= 11 is 0. The van der Waals surface area contributed by atoms with E-state index in [9.17, 15) is 24.6 Å². The van der Waals surface area contributed by atoms with Crippen LogP contribution >= 0.6 is 0 Å². The monoisotopic (exact) mass is 712 g/mol. The van der Waals surface area contributed by atoms with Crippen molar-refractivity contribution in [3.8, 4) is 5.75 Å². The van der Waals surface area contributed by atoms with Crippen LogP contribution in [-0.4, -0.2) is 88.8 Å². The largest absolute Gasteiger partial charge is 0.506 e. The average molecular weight is 713 g/mol. The molecule has 5 aliphatic rings. The van der Waals surface area contributed by atoms with E-state index in [4.69, 9.17) is 4.74 Å². The fourth-order valence-electron chi connectivity index (χ4n) is 9.36. The molecule has 4 N–H and O–H groups in total. The second kappa shape index (κ2) is 16.5. The lowest BCUT2D eigenvalue weighted by molar-refractivity contribution is -0.167. The molecule has 5 fully saturated rings. The minimum Gasteiger partial charge on any atom is -0.506 e. The standard InChI is InChI=1S/C42H56N4O6/c47-35-12-10-33(34-11-13-38(49)44-40(34)35)36(48)27-43-21-14-29-15-24-46(25-16-29)39(50)9-5-7-30-6-4-8-32(26-30)42(19-2-1-3-20-42)41(51)52-37-28-45-22-17-31(37)18-23-45/h4,6,8,10-13,26,29,31,36-37,43,47-48H,1-3,5,7,9,14-25,27-28H2,(H,44,49)/t36?,37-/m0/s1. The number of carbonyl (C=O) groups is 2. The fourth-order valence-corrected chi connectivity index (χ4v) is 9.36. The lowest BCUT2D eigenvalue weighted by atomic mass is 9.69. The van der Waals surface area contributed by atoms with E-state index in [1.165, 1.54) is 24.1 Å². The number of H-pyrrole nitrogens is 1. The van der Waals surface area contributed by atoms with Gasteiger partial charge in [0.05, 0.1) is 17.0 Å². The van der Waals surface area contributed by atoms with E-state index in [0.717, 1.165) is 115 Å². The number of esters is 1. The number of pyridine rings is 1. The zero-order chi connectivity index (χ0) is 36.1. The first-order chi connectivity index (χ1) is 25.3. The number of hydrogen-bond donors (Lipinski definition) is 4. The topological polar surface area (TPSA) is 135 Å². The first-order valence-corrected chi connectivity index (χ1v) is 19.8. The molecule has 2 aromatic carbocycles. The number of amides is 1. The van der Waals surface area contributed by atoms with Gasteiger partial charge >= 0.3 is 5.97 Å². The molecule has 0 radical (unpaired) electrons. The molecule has 0 spiro atoms. The van der Waals surface area contributed by atoms with Gasteiger partial charge in [0, 0.05) is 44.1 Å². The number of nitrogens with zero attached hydrogens (tertiary/aromatic N) is 2. The number of ether oxygens (including phenoxy) is 1. The van der Waals surface area contributed by atoms with Gasteiger partial charge in [-0.1, -0.05) is 49.6 Å². The molecule has 3 aromatic rings. The number of phenolic OH excluding ortho intramolecular Hbond substituents is 1. The molecule has 1 amide bonds. The van der Waals surface area contributed by atoms with Crippen LogP contribution in [0.25, 0.3) is 10.9 Å². The Morgan fingerprint density at radius 2 is 1.77 bits per heavy atom. The fraction of sp³-hybridized carbons (Fsp3) is 0.595. The molecule has 2 atom stereocenters. The number of piperidine rings is 4. The summed E-state index contributed by atoms with van der Waals surface area (Å²) in [6.07, 6.45) is 11.6. The summed E-state index contributed by atoms with van der Waals surface area (Å²) in [7, 11) is 0. The molecule has 280 valence electrons. The van der Waals surface area contributed by atoms with Gasteiger partial charge in [-0.05, 0) is 118 Å². The summed E-state index contributed by atoms with van der Waals surface area (Å²) in [5, 5.41) is 24.9. The third kappa shape index (κ3) is 8.24. The molecule has 8 rings (SSSR count). The number of phenols is 1. The van der Waals surface area contributed by atoms with Gasteiger partial charge in [-0.2, -0.15) is 0 Å². The van der Waals surface area contributed by atoms with Gasteiger partial charge in [0.25, 0.3) is 0 Å². The molecule has 2 bridgehead atoms. The molecule has 1 aromatic heterocycles. The van der Waals surface area contributed by atoms with E-state index in [1.807, 2.05) is 4.90 Å². The highest BCUT2D eigenvalue weighted by Crippen LogP contribution is 2.42. The summed E-state index contributed by atoms with van der Waals surface area (Å²) in [5.41, 5.74) is 2.42. The summed E-state index contributed by atoms with van der Waals surface area (Å²) in [6.45, 7) is 5.84. The van der Waals surface area contributed by atoms with Gasteiger partial charge in [0.2, 0.25) is 11.5 Å². The number of aliphatic hydroxyl groups is 1. The quantitative estimate of drug-likeness (QED) is 0.138. The van der Waals surface area contributed by atoms with Crippen LogP contribution in [0.15, 0.2) is 53.3 Å². The van der Waals surface area contributed by atoms with Crippen molar-refractivity contribution < 1.29 is 24.5 Å². The number of benzene rings is 2. The number of rotatable bonds is 13. The van der Waals surface area contributed by atoms with Crippen LogP contribution in [-0.2, 0) is 26.2 Å². The Morgan fingerprint density at radius 1 is 0.981 bits per heavy atom. The minimum absolute atomic E-state index is 0.0163. The molecular weight excluding hydrogens is 656 g/mol. The van der Waals surface area contributed by atoms with Crippen LogP contribution in [0, 0.1) is 11.8 Å². The van der Waals surface area contributed by atoms with Gasteiger partial charge in [-0.3, -0.25) is 19.3 Å². The Balaban J connectivity index is 0.838. The Kier molecular flexibility index (Phi) is 11.6. The van der Waals surface area contributed by atoms with E-state index in [-0.39, 0.29) is 29.3 Å². The third-order valence-electron chi connectivity index (χ3n) is 12.6. The van der Waals surface area contributed by atoms with Crippen LogP contribution in [0.4, 0.5) is 0 Å². The number of aromatic nitrogens is 1. The number of carbonyl (C=O) groups excluding carboxylic acids is 2. The number of hydrogen-bond acceptors (Lipinski definition) is 8. The van der Waals surface area contributed by atoms with Crippen LogP contribution in [0.5, 0.6) is 5.75 Å². The number of nitrogens with one attached hydrogen (secondary N) is 2. The smallest absolute Gasteiger partial charge is 0.316 e. The number of aliphatic hydroxyl groups excluding tert-OH is 1. The molecule has 4 aliphatic heterocycles. The van der Waals surface area contributed by atoms with Crippen LogP contribution < -0.4 is 10.9 Å². The number of aromatic amines is 1. The van der Waals surface area contributed by atoms with Crippen molar-refractivity contribution in [1.82, 2.24) is 20.1 Å². The summed E-state index contributed by atoms with van der Waals surface area (Å²) < 4.78 is 6.36. The highest BCUT2D eigenvalue weighted by Gasteiger charge is 2.46. The van der Waals surface area contributed by atoms with Crippen LogP contribution in [0.1, 0.15) is 99.8 Å². The Morgan fingerprint density at radius 3 is 2.52 bits per heavy atom. The average Bonchev–Trinajstić information content (AvgIpc) is 3.18. The minimum atomic E-state index is -0.777. The molecule has 4 saturated heterocycles. The van der Waals surface area contributed by atoms with Gasteiger partial charge < -0.3 is 30.2 Å².